The van der Waals surface area contributed by atoms with E-state index in [0.29, 0.717) is 6.42 Å². The summed E-state index contributed by atoms with van der Waals surface area (Å²) in [5.74, 6) is 0.164. The Morgan fingerprint density at radius 2 is 2.36 bits per heavy atom. The molecule has 0 saturated carbocycles. The molecule has 1 aromatic carbocycles. The molecule has 2 nitrogen and oxygen atoms in total. The minimum absolute atomic E-state index is 0.164. The van der Waals surface area contributed by atoms with E-state index in [-0.39, 0.29) is 11.9 Å². The van der Waals surface area contributed by atoms with Crippen molar-refractivity contribution in [3.8, 4) is 0 Å². The predicted molar refractivity (Wildman–Crippen MR) is 54.1 cm³/mol. The van der Waals surface area contributed by atoms with Crippen LogP contribution in [0.4, 0.5) is 0 Å². The first kappa shape index (κ1) is 9.41. The normalized spacial score (nSPS) is 19.4. The smallest absolute Gasteiger partial charge is 0.134 e. The molecule has 0 saturated heterocycles. The molecule has 14 heavy (non-hydrogen) atoms. The summed E-state index contributed by atoms with van der Waals surface area (Å²) in [6, 6.07) is 5.98. The first-order chi connectivity index (χ1) is 6.66. The molecule has 2 rings (SSSR count). The van der Waals surface area contributed by atoms with Gasteiger partial charge in [0, 0.05) is 6.42 Å². The van der Waals surface area contributed by atoms with Gasteiger partial charge < -0.3 is 5.11 Å². The Hall–Kier alpha value is -1.15. The van der Waals surface area contributed by atoms with E-state index in [4.69, 9.17) is 0 Å². The zero-order chi connectivity index (χ0) is 10.1. The van der Waals surface area contributed by atoms with Gasteiger partial charge in [-0.15, -0.1) is 0 Å². The van der Waals surface area contributed by atoms with Gasteiger partial charge in [-0.25, -0.2) is 0 Å². The Balaban J connectivity index is 2.30. The number of carbonyl (C=O) groups is 1. The summed E-state index contributed by atoms with van der Waals surface area (Å²) in [5.41, 5.74) is 3.26. The fraction of sp³-hybridized carbons (Fsp3) is 0.417. The lowest BCUT2D eigenvalue weighted by atomic mass is 10.0. The molecule has 0 amide bonds. The number of aliphatic hydroxyl groups excluding tert-OH is 1. The van der Waals surface area contributed by atoms with Crippen molar-refractivity contribution in [1.82, 2.24) is 0 Å². The molecule has 1 aromatic rings. The third kappa shape index (κ3) is 1.70. The Bertz CT molecular complexity index is 369. The molecule has 0 aliphatic heterocycles. The van der Waals surface area contributed by atoms with Gasteiger partial charge in [0.25, 0.3) is 0 Å². The lowest BCUT2D eigenvalue weighted by molar-refractivity contribution is -0.116. The zero-order valence-corrected chi connectivity index (χ0v) is 8.29. The third-order valence-corrected chi connectivity index (χ3v) is 2.71. The molecule has 1 atom stereocenters. The number of aliphatic hydroxyl groups is 1. The second-order valence-electron chi connectivity index (χ2n) is 3.97. The maximum atomic E-state index is 10.9. The Labute approximate surface area is 83.6 Å². The maximum Gasteiger partial charge on any atom is 0.134 e. The van der Waals surface area contributed by atoms with Crippen LogP contribution in [-0.2, 0) is 17.6 Å². The van der Waals surface area contributed by atoms with Gasteiger partial charge in [0.1, 0.15) is 5.78 Å². The monoisotopic (exact) mass is 190 g/mol. The number of carbonyl (C=O) groups excluding carboxylic acids is 1. The minimum atomic E-state index is -0.322. The van der Waals surface area contributed by atoms with Crippen molar-refractivity contribution in [2.45, 2.75) is 32.3 Å². The fourth-order valence-corrected chi connectivity index (χ4v) is 2.03. The highest BCUT2D eigenvalue weighted by Crippen LogP contribution is 2.31. The first-order valence-corrected chi connectivity index (χ1v) is 4.96. The van der Waals surface area contributed by atoms with Crippen LogP contribution >= 0.6 is 0 Å². The summed E-state index contributed by atoms with van der Waals surface area (Å²) in [6.07, 6.45) is 1.92. The number of hydrogen-bond donors (Lipinski definition) is 1. The molecule has 0 radical (unpaired) electrons. The van der Waals surface area contributed by atoms with Crippen LogP contribution in [0.25, 0.3) is 0 Å². The lowest BCUT2D eigenvalue weighted by Gasteiger charge is -2.05. The molecule has 0 fully saturated rings. The first-order valence-electron chi connectivity index (χ1n) is 4.96. The largest absolute Gasteiger partial charge is 0.388 e. The van der Waals surface area contributed by atoms with Gasteiger partial charge in [0.15, 0.2) is 0 Å². The molecule has 0 heterocycles. The van der Waals surface area contributed by atoms with E-state index in [1.165, 1.54) is 5.56 Å². The molecule has 0 aromatic heterocycles. The van der Waals surface area contributed by atoms with Gasteiger partial charge in [-0.05, 0) is 36.5 Å². The van der Waals surface area contributed by atoms with Crippen LogP contribution in [0.5, 0.6) is 0 Å². The van der Waals surface area contributed by atoms with Crippen molar-refractivity contribution in [3.05, 3.63) is 34.9 Å². The number of aryl methyl sites for hydroxylation is 1. The van der Waals surface area contributed by atoms with E-state index in [1.807, 2.05) is 18.2 Å². The quantitative estimate of drug-likeness (QED) is 0.772. The van der Waals surface area contributed by atoms with Crippen LogP contribution in [0.3, 0.4) is 0 Å². The molecule has 2 heteroatoms. The Morgan fingerprint density at radius 3 is 3.07 bits per heavy atom. The van der Waals surface area contributed by atoms with Crippen molar-refractivity contribution in [1.29, 1.82) is 0 Å². The van der Waals surface area contributed by atoms with E-state index in [2.05, 4.69) is 0 Å². The molecule has 1 unspecified atom stereocenters. The van der Waals surface area contributed by atoms with Crippen molar-refractivity contribution in [3.63, 3.8) is 0 Å². The van der Waals surface area contributed by atoms with E-state index >= 15 is 0 Å². The molecule has 1 aliphatic rings. The van der Waals surface area contributed by atoms with E-state index in [0.717, 1.165) is 24.0 Å². The second kappa shape index (κ2) is 3.54. The number of ketones is 1. The highest BCUT2D eigenvalue weighted by molar-refractivity contribution is 5.78. The zero-order valence-electron chi connectivity index (χ0n) is 8.29. The Kier molecular flexibility index (Phi) is 2.38. The summed E-state index contributed by atoms with van der Waals surface area (Å²) in [5, 5.41) is 9.65. The lowest BCUT2D eigenvalue weighted by Crippen LogP contribution is -1.98. The Morgan fingerprint density at radius 1 is 1.57 bits per heavy atom. The van der Waals surface area contributed by atoms with Crippen LogP contribution in [-0.4, -0.2) is 10.9 Å². The van der Waals surface area contributed by atoms with Gasteiger partial charge in [0.2, 0.25) is 0 Å². The topological polar surface area (TPSA) is 37.3 Å². The minimum Gasteiger partial charge on any atom is -0.388 e. The average Bonchev–Trinajstić information content (AvgIpc) is 2.47. The summed E-state index contributed by atoms with van der Waals surface area (Å²) in [6.45, 7) is 1.59. The highest BCUT2D eigenvalue weighted by atomic mass is 16.3. The standard InChI is InChI=1S/C12H14O2/c1-8(13)6-9-2-3-10-4-5-12(14)11(10)7-9/h2-3,7,12,14H,4-6H2,1H3. The van der Waals surface area contributed by atoms with Gasteiger partial charge in [-0.2, -0.15) is 0 Å². The molecular formula is C12H14O2. The SMILES string of the molecule is CC(=O)Cc1ccc2c(c1)C(O)CC2. The second-order valence-corrected chi connectivity index (χ2v) is 3.97. The van der Waals surface area contributed by atoms with Crippen LogP contribution < -0.4 is 0 Å². The summed E-state index contributed by atoms with van der Waals surface area (Å²) in [7, 11) is 0. The number of benzene rings is 1. The molecule has 0 spiro atoms. The molecule has 74 valence electrons. The number of hydrogen-bond acceptors (Lipinski definition) is 2. The molecule has 0 bridgehead atoms. The maximum absolute atomic E-state index is 10.9. The van der Waals surface area contributed by atoms with E-state index < -0.39 is 0 Å². The average molecular weight is 190 g/mol. The molecule has 1 N–H and O–H groups in total. The third-order valence-electron chi connectivity index (χ3n) is 2.71. The van der Waals surface area contributed by atoms with Crippen molar-refractivity contribution >= 4 is 5.78 Å². The summed E-state index contributed by atoms with van der Waals surface area (Å²) >= 11 is 0. The van der Waals surface area contributed by atoms with Gasteiger partial charge >= 0.3 is 0 Å². The van der Waals surface area contributed by atoms with Crippen LogP contribution in [0.15, 0.2) is 18.2 Å². The van der Waals surface area contributed by atoms with Crippen molar-refractivity contribution in [2.75, 3.05) is 0 Å². The molecule has 1 aliphatic carbocycles. The van der Waals surface area contributed by atoms with Crippen molar-refractivity contribution in [2.24, 2.45) is 0 Å². The number of rotatable bonds is 2. The molecular weight excluding hydrogens is 176 g/mol. The fourth-order valence-electron chi connectivity index (χ4n) is 2.03. The summed E-state index contributed by atoms with van der Waals surface area (Å²) < 4.78 is 0. The summed E-state index contributed by atoms with van der Waals surface area (Å²) in [4.78, 5) is 10.9. The highest BCUT2D eigenvalue weighted by Gasteiger charge is 2.20. The number of Topliss-reactive ketones (excluding diaryl/α,β-unsaturated/α-hetero) is 1. The van der Waals surface area contributed by atoms with Crippen LogP contribution in [0.2, 0.25) is 0 Å². The predicted octanol–water partition coefficient (Wildman–Crippen LogP) is 1.80. The van der Waals surface area contributed by atoms with E-state index in [1.54, 1.807) is 6.92 Å². The number of fused-ring (bicyclic) bond motifs is 1. The van der Waals surface area contributed by atoms with Gasteiger partial charge in [-0.1, -0.05) is 18.2 Å². The van der Waals surface area contributed by atoms with Crippen molar-refractivity contribution < 1.29 is 9.90 Å². The van der Waals surface area contributed by atoms with Crippen LogP contribution in [0, 0.1) is 0 Å². The van der Waals surface area contributed by atoms with Gasteiger partial charge in [0.05, 0.1) is 6.10 Å². The van der Waals surface area contributed by atoms with E-state index in [9.17, 15) is 9.90 Å². The van der Waals surface area contributed by atoms with Gasteiger partial charge in [-0.3, -0.25) is 4.79 Å². The van der Waals surface area contributed by atoms with Crippen LogP contribution in [0.1, 0.15) is 36.1 Å².